The van der Waals surface area contributed by atoms with Crippen LogP contribution in [-0.2, 0) is 0 Å². The first-order chi connectivity index (χ1) is 12.3. The van der Waals surface area contributed by atoms with Crippen LogP contribution >= 0.6 is 0 Å². The molecule has 3 rings (SSSR count). The second kappa shape index (κ2) is 8.34. The minimum absolute atomic E-state index is 0.119. The number of nitrogens with zero attached hydrogens (tertiary/aromatic N) is 5. The molecule has 1 fully saturated rings. The Kier molecular flexibility index (Phi) is 5.68. The van der Waals surface area contributed by atoms with Crippen LogP contribution in [0.1, 0.15) is 23.3 Å². The summed E-state index contributed by atoms with van der Waals surface area (Å²) in [6.45, 7) is 1.96. The first-order valence-corrected chi connectivity index (χ1v) is 8.25. The van der Waals surface area contributed by atoms with Crippen LogP contribution in [0.25, 0.3) is 0 Å². The lowest BCUT2D eigenvalue weighted by molar-refractivity contribution is 0.0950. The smallest absolute Gasteiger partial charge is 0.271 e. The van der Waals surface area contributed by atoms with Gasteiger partial charge in [-0.2, -0.15) is 0 Å². The normalized spacial score (nSPS) is 16.7. The molecule has 0 aromatic carbocycles. The van der Waals surface area contributed by atoms with Crippen LogP contribution in [0.3, 0.4) is 0 Å². The molecule has 0 spiro atoms. The fourth-order valence-electron chi connectivity index (χ4n) is 2.80. The number of hydrogen-bond acceptors (Lipinski definition) is 8. The topological polar surface area (TPSA) is 116 Å². The van der Waals surface area contributed by atoms with Crippen molar-refractivity contribution in [1.82, 2.24) is 25.3 Å². The third kappa shape index (κ3) is 4.38. The number of hydrogen-bond donors (Lipinski definition) is 3. The second-order valence-corrected chi connectivity index (χ2v) is 5.71. The van der Waals surface area contributed by atoms with Gasteiger partial charge in [-0.1, -0.05) is 0 Å². The number of carbonyl (C=O) groups excluding carboxylic acids is 1. The first-order valence-electron chi connectivity index (χ1n) is 8.25. The number of aromatic nitrogens is 4. The monoisotopic (exact) mass is 343 g/mol. The van der Waals surface area contributed by atoms with E-state index in [1.165, 1.54) is 24.9 Å². The summed E-state index contributed by atoms with van der Waals surface area (Å²) < 4.78 is 0. The lowest BCUT2D eigenvalue weighted by Crippen LogP contribution is -2.33. The highest BCUT2D eigenvalue weighted by Crippen LogP contribution is 2.24. The van der Waals surface area contributed by atoms with E-state index >= 15 is 0 Å². The van der Waals surface area contributed by atoms with Crippen LogP contribution in [0, 0.1) is 0 Å². The van der Waals surface area contributed by atoms with Gasteiger partial charge < -0.3 is 20.6 Å². The first kappa shape index (κ1) is 17.0. The summed E-state index contributed by atoms with van der Waals surface area (Å²) >= 11 is 0. The van der Waals surface area contributed by atoms with E-state index in [4.69, 9.17) is 0 Å². The second-order valence-electron chi connectivity index (χ2n) is 5.71. The number of amides is 1. The van der Waals surface area contributed by atoms with Gasteiger partial charge in [0.15, 0.2) is 0 Å². The minimum atomic E-state index is -0.263. The Hall–Kier alpha value is -2.81. The maximum absolute atomic E-state index is 11.9. The van der Waals surface area contributed by atoms with Crippen LogP contribution in [0.5, 0.6) is 0 Å². The van der Waals surface area contributed by atoms with Gasteiger partial charge in [-0.05, 0) is 12.8 Å². The summed E-state index contributed by atoms with van der Waals surface area (Å²) in [6, 6.07) is 1.98. The largest absolute Gasteiger partial charge is 0.394 e. The van der Waals surface area contributed by atoms with Crippen molar-refractivity contribution in [3.05, 3.63) is 36.7 Å². The molecule has 9 heteroatoms. The standard InChI is InChI=1S/C16H21N7O2/c24-10-12-2-1-7-23(12)15-8-14(21-11-22-15)19-5-6-20-16(25)13-9-17-3-4-18-13/h3-4,8-9,11-12,24H,1-2,5-7,10H2,(H,20,25)(H,19,21,22). The molecule has 0 bridgehead atoms. The third-order valence-corrected chi connectivity index (χ3v) is 4.05. The predicted molar refractivity (Wildman–Crippen MR) is 92.3 cm³/mol. The molecule has 0 radical (unpaired) electrons. The molecule has 9 nitrogen and oxygen atoms in total. The number of aliphatic hydroxyl groups is 1. The maximum Gasteiger partial charge on any atom is 0.271 e. The van der Waals surface area contributed by atoms with Gasteiger partial charge in [-0.25, -0.2) is 15.0 Å². The summed E-state index contributed by atoms with van der Waals surface area (Å²) in [5, 5.41) is 15.4. The molecule has 1 aliphatic heterocycles. The molecule has 1 saturated heterocycles. The number of aliphatic hydroxyl groups excluding tert-OH is 1. The number of nitrogens with one attached hydrogen (secondary N) is 2. The van der Waals surface area contributed by atoms with E-state index in [-0.39, 0.29) is 24.2 Å². The summed E-state index contributed by atoms with van der Waals surface area (Å²) in [5.74, 6) is 1.22. The average molecular weight is 343 g/mol. The molecule has 1 unspecified atom stereocenters. The van der Waals surface area contributed by atoms with Crippen molar-refractivity contribution in [1.29, 1.82) is 0 Å². The zero-order valence-corrected chi connectivity index (χ0v) is 13.8. The van der Waals surface area contributed by atoms with Crippen molar-refractivity contribution in [3.63, 3.8) is 0 Å². The van der Waals surface area contributed by atoms with Gasteiger partial charge in [0.1, 0.15) is 23.7 Å². The third-order valence-electron chi connectivity index (χ3n) is 4.05. The molecular formula is C16H21N7O2. The highest BCUT2D eigenvalue weighted by atomic mass is 16.3. The fourth-order valence-corrected chi connectivity index (χ4v) is 2.80. The van der Waals surface area contributed by atoms with Crippen LogP contribution in [0.2, 0.25) is 0 Å². The van der Waals surface area contributed by atoms with Gasteiger partial charge in [0.2, 0.25) is 0 Å². The van der Waals surface area contributed by atoms with Crippen molar-refractivity contribution in [2.45, 2.75) is 18.9 Å². The van der Waals surface area contributed by atoms with E-state index in [2.05, 4.69) is 35.5 Å². The lowest BCUT2D eigenvalue weighted by Gasteiger charge is -2.24. The molecular weight excluding hydrogens is 322 g/mol. The SMILES string of the molecule is O=C(NCCNc1cc(N2CCCC2CO)ncn1)c1cnccn1. The van der Waals surface area contributed by atoms with E-state index in [0.29, 0.717) is 18.9 Å². The van der Waals surface area contributed by atoms with Crippen molar-refractivity contribution in [2.24, 2.45) is 0 Å². The molecule has 1 amide bonds. The quantitative estimate of drug-likeness (QED) is 0.605. The Morgan fingerprint density at radius 2 is 2.20 bits per heavy atom. The highest BCUT2D eigenvalue weighted by molar-refractivity contribution is 5.91. The maximum atomic E-state index is 11.9. The predicted octanol–water partition coefficient (Wildman–Crippen LogP) is 0.0696. The molecule has 0 saturated carbocycles. The summed E-state index contributed by atoms with van der Waals surface area (Å²) in [7, 11) is 0. The van der Waals surface area contributed by atoms with Gasteiger partial charge in [-0.3, -0.25) is 9.78 Å². The van der Waals surface area contributed by atoms with E-state index in [1.54, 1.807) is 0 Å². The molecule has 3 N–H and O–H groups in total. The fraction of sp³-hybridized carbons (Fsp3) is 0.438. The minimum Gasteiger partial charge on any atom is -0.394 e. The molecule has 1 aliphatic rings. The Morgan fingerprint density at radius 1 is 1.28 bits per heavy atom. The molecule has 1 atom stereocenters. The molecule has 3 heterocycles. The van der Waals surface area contributed by atoms with Crippen LogP contribution in [0.4, 0.5) is 11.6 Å². The molecule has 132 valence electrons. The number of anilines is 2. The summed E-state index contributed by atoms with van der Waals surface area (Å²) in [4.78, 5) is 30.2. The Morgan fingerprint density at radius 3 is 3.00 bits per heavy atom. The Balaban J connectivity index is 1.49. The van der Waals surface area contributed by atoms with E-state index < -0.39 is 0 Å². The van der Waals surface area contributed by atoms with E-state index in [0.717, 1.165) is 25.2 Å². The lowest BCUT2D eigenvalue weighted by atomic mass is 10.2. The van der Waals surface area contributed by atoms with E-state index in [9.17, 15) is 9.90 Å². The van der Waals surface area contributed by atoms with Gasteiger partial charge >= 0.3 is 0 Å². The van der Waals surface area contributed by atoms with Crippen molar-refractivity contribution < 1.29 is 9.90 Å². The van der Waals surface area contributed by atoms with Gasteiger partial charge in [0.25, 0.3) is 5.91 Å². The van der Waals surface area contributed by atoms with E-state index in [1.807, 2.05) is 6.07 Å². The Bertz CT molecular complexity index is 698. The number of rotatable bonds is 7. The van der Waals surface area contributed by atoms with Crippen LogP contribution in [0.15, 0.2) is 31.0 Å². The van der Waals surface area contributed by atoms with Crippen LogP contribution in [-0.4, -0.2) is 63.2 Å². The van der Waals surface area contributed by atoms with Crippen molar-refractivity contribution in [3.8, 4) is 0 Å². The Labute approximate surface area is 145 Å². The highest BCUT2D eigenvalue weighted by Gasteiger charge is 2.25. The average Bonchev–Trinajstić information content (AvgIpc) is 3.15. The van der Waals surface area contributed by atoms with Gasteiger partial charge in [0.05, 0.1) is 18.8 Å². The zero-order valence-electron chi connectivity index (χ0n) is 13.8. The molecule has 2 aromatic rings. The van der Waals surface area contributed by atoms with Crippen molar-refractivity contribution >= 4 is 17.5 Å². The summed E-state index contributed by atoms with van der Waals surface area (Å²) in [5.41, 5.74) is 0.288. The molecule has 2 aromatic heterocycles. The van der Waals surface area contributed by atoms with Gasteiger partial charge in [0, 0.05) is 38.1 Å². The summed E-state index contributed by atoms with van der Waals surface area (Å²) in [6.07, 6.45) is 7.94. The molecule has 0 aliphatic carbocycles. The number of carbonyl (C=O) groups is 1. The zero-order chi connectivity index (χ0) is 17.5. The van der Waals surface area contributed by atoms with Crippen molar-refractivity contribution in [2.75, 3.05) is 36.5 Å². The van der Waals surface area contributed by atoms with Gasteiger partial charge in [-0.15, -0.1) is 0 Å². The van der Waals surface area contributed by atoms with Crippen LogP contribution < -0.4 is 15.5 Å². The molecule has 25 heavy (non-hydrogen) atoms.